The molecule has 6 heteroatoms. The molecular weight excluding hydrogens is 340 g/mol. The van der Waals surface area contributed by atoms with E-state index < -0.39 is 0 Å². The SMILES string of the molecule is O=C(CCOc1cccc(Cl)c1)NCc1ccnc(OCC2CC2)c1. The van der Waals surface area contributed by atoms with Crippen molar-refractivity contribution in [3.05, 3.63) is 53.2 Å². The van der Waals surface area contributed by atoms with Gasteiger partial charge in [-0.25, -0.2) is 4.98 Å². The molecule has 2 aromatic rings. The highest BCUT2D eigenvalue weighted by atomic mass is 35.5. The minimum atomic E-state index is -0.0701. The molecule has 132 valence electrons. The molecule has 0 atom stereocenters. The van der Waals surface area contributed by atoms with Crippen molar-refractivity contribution in [2.45, 2.75) is 25.8 Å². The van der Waals surface area contributed by atoms with Gasteiger partial charge < -0.3 is 14.8 Å². The van der Waals surface area contributed by atoms with Gasteiger partial charge in [-0.05, 0) is 48.6 Å². The molecule has 0 radical (unpaired) electrons. The molecule has 3 rings (SSSR count). The second-order valence-electron chi connectivity index (χ2n) is 6.09. The van der Waals surface area contributed by atoms with Gasteiger partial charge in [0.15, 0.2) is 0 Å². The summed E-state index contributed by atoms with van der Waals surface area (Å²) in [6.45, 7) is 1.47. The van der Waals surface area contributed by atoms with Crippen LogP contribution in [0.4, 0.5) is 0 Å². The third-order valence-corrected chi connectivity index (χ3v) is 4.08. The number of hydrogen-bond donors (Lipinski definition) is 1. The molecular formula is C19H21ClN2O3. The Morgan fingerprint density at radius 1 is 1.24 bits per heavy atom. The van der Waals surface area contributed by atoms with Crippen molar-refractivity contribution in [1.82, 2.24) is 10.3 Å². The first-order valence-corrected chi connectivity index (χ1v) is 8.79. The summed E-state index contributed by atoms with van der Waals surface area (Å²) in [6, 6.07) is 10.9. The van der Waals surface area contributed by atoms with Crippen LogP contribution in [-0.4, -0.2) is 24.1 Å². The predicted octanol–water partition coefficient (Wildman–Crippen LogP) is 3.61. The highest BCUT2D eigenvalue weighted by Gasteiger charge is 2.22. The monoisotopic (exact) mass is 360 g/mol. The van der Waals surface area contributed by atoms with Crippen LogP contribution in [0.5, 0.6) is 11.6 Å². The van der Waals surface area contributed by atoms with Crippen LogP contribution in [0.15, 0.2) is 42.6 Å². The Labute approximate surface area is 152 Å². The van der Waals surface area contributed by atoms with E-state index in [0.29, 0.717) is 35.7 Å². The summed E-state index contributed by atoms with van der Waals surface area (Å²) in [6.07, 6.45) is 4.47. The number of carbonyl (C=O) groups excluding carboxylic acids is 1. The summed E-state index contributed by atoms with van der Waals surface area (Å²) in [5.41, 5.74) is 0.963. The van der Waals surface area contributed by atoms with E-state index in [1.807, 2.05) is 24.3 Å². The molecule has 1 aliphatic rings. The Balaban J connectivity index is 1.37. The van der Waals surface area contributed by atoms with Gasteiger partial charge in [0.2, 0.25) is 11.8 Å². The fourth-order valence-corrected chi connectivity index (χ4v) is 2.41. The van der Waals surface area contributed by atoms with E-state index >= 15 is 0 Å². The van der Waals surface area contributed by atoms with E-state index in [9.17, 15) is 4.79 Å². The maximum atomic E-state index is 11.9. The maximum absolute atomic E-state index is 11.9. The minimum absolute atomic E-state index is 0.0701. The van der Waals surface area contributed by atoms with Gasteiger partial charge in [0.1, 0.15) is 5.75 Å². The fourth-order valence-electron chi connectivity index (χ4n) is 2.23. The molecule has 1 aromatic heterocycles. The zero-order valence-electron chi connectivity index (χ0n) is 13.9. The lowest BCUT2D eigenvalue weighted by atomic mass is 10.2. The summed E-state index contributed by atoms with van der Waals surface area (Å²) < 4.78 is 11.2. The van der Waals surface area contributed by atoms with Crippen LogP contribution in [0, 0.1) is 5.92 Å². The smallest absolute Gasteiger partial charge is 0.223 e. The van der Waals surface area contributed by atoms with Gasteiger partial charge in [0, 0.05) is 23.8 Å². The van der Waals surface area contributed by atoms with Crippen LogP contribution < -0.4 is 14.8 Å². The molecule has 1 amide bonds. The van der Waals surface area contributed by atoms with Gasteiger partial charge in [0.05, 0.1) is 19.6 Å². The van der Waals surface area contributed by atoms with E-state index in [-0.39, 0.29) is 12.3 Å². The van der Waals surface area contributed by atoms with E-state index in [0.717, 1.165) is 12.2 Å². The Morgan fingerprint density at radius 2 is 2.12 bits per heavy atom. The van der Waals surface area contributed by atoms with E-state index in [4.69, 9.17) is 21.1 Å². The summed E-state index contributed by atoms with van der Waals surface area (Å²) >= 11 is 5.89. The van der Waals surface area contributed by atoms with Gasteiger partial charge >= 0.3 is 0 Å². The molecule has 1 aromatic carbocycles. The fraction of sp³-hybridized carbons (Fsp3) is 0.368. The maximum Gasteiger partial charge on any atom is 0.223 e. The standard InChI is InChI=1S/C19H21ClN2O3/c20-16-2-1-3-17(11-16)24-9-7-18(23)22-12-15-6-8-21-19(10-15)25-13-14-4-5-14/h1-3,6,8,10-11,14H,4-5,7,9,12-13H2,(H,22,23). The number of hydrogen-bond acceptors (Lipinski definition) is 4. The molecule has 25 heavy (non-hydrogen) atoms. The first kappa shape index (κ1) is 17.5. The predicted molar refractivity (Wildman–Crippen MR) is 95.9 cm³/mol. The lowest BCUT2D eigenvalue weighted by Gasteiger charge is -2.09. The number of amides is 1. The van der Waals surface area contributed by atoms with Crippen molar-refractivity contribution in [3.8, 4) is 11.6 Å². The Kier molecular flexibility index (Phi) is 6.12. The van der Waals surface area contributed by atoms with Crippen LogP contribution in [0.3, 0.4) is 0 Å². The number of halogens is 1. The minimum Gasteiger partial charge on any atom is -0.493 e. The van der Waals surface area contributed by atoms with Gasteiger partial charge in [-0.1, -0.05) is 17.7 Å². The number of nitrogens with zero attached hydrogens (tertiary/aromatic N) is 1. The van der Waals surface area contributed by atoms with Gasteiger partial charge in [0.25, 0.3) is 0 Å². The second-order valence-corrected chi connectivity index (χ2v) is 6.53. The van der Waals surface area contributed by atoms with Crippen molar-refractivity contribution in [1.29, 1.82) is 0 Å². The Morgan fingerprint density at radius 3 is 2.92 bits per heavy atom. The summed E-state index contributed by atoms with van der Waals surface area (Å²) in [7, 11) is 0. The largest absolute Gasteiger partial charge is 0.493 e. The van der Waals surface area contributed by atoms with Gasteiger partial charge in [-0.3, -0.25) is 4.79 Å². The first-order chi connectivity index (χ1) is 12.2. The van der Waals surface area contributed by atoms with E-state index in [2.05, 4.69) is 10.3 Å². The molecule has 5 nitrogen and oxygen atoms in total. The molecule has 0 bridgehead atoms. The molecule has 0 aliphatic heterocycles. The van der Waals surface area contributed by atoms with E-state index in [1.54, 1.807) is 18.3 Å². The van der Waals surface area contributed by atoms with Crippen molar-refractivity contribution >= 4 is 17.5 Å². The third-order valence-electron chi connectivity index (χ3n) is 3.85. The third kappa shape index (κ3) is 6.27. The molecule has 0 unspecified atom stereocenters. The second kappa shape index (κ2) is 8.72. The average molecular weight is 361 g/mol. The molecule has 1 saturated carbocycles. The number of aromatic nitrogens is 1. The lowest BCUT2D eigenvalue weighted by Crippen LogP contribution is -2.24. The molecule has 1 fully saturated rings. The molecule has 0 spiro atoms. The van der Waals surface area contributed by atoms with Crippen LogP contribution >= 0.6 is 11.6 Å². The highest BCUT2D eigenvalue weighted by molar-refractivity contribution is 6.30. The number of pyridine rings is 1. The highest BCUT2D eigenvalue weighted by Crippen LogP contribution is 2.29. The van der Waals surface area contributed by atoms with Crippen LogP contribution in [0.25, 0.3) is 0 Å². The Hall–Kier alpha value is -2.27. The van der Waals surface area contributed by atoms with Crippen molar-refractivity contribution in [3.63, 3.8) is 0 Å². The van der Waals surface area contributed by atoms with Crippen molar-refractivity contribution < 1.29 is 14.3 Å². The zero-order valence-corrected chi connectivity index (χ0v) is 14.7. The first-order valence-electron chi connectivity index (χ1n) is 8.42. The number of carbonyl (C=O) groups is 1. The zero-order chi connectivity index (χ0) is 17.5. The number of ether oxygens (including phenoxy) is 2. The number of rotatable bonds is 9. The van der Waals surface area contributed by atoms with Crippen molar-refractivity contribution in [2.24, 2.45) is 5.92 Å². The molecule has 1 N–H and O–H groups in total. The number of nitrogens with one attached hydrogen (secondary N) is 1. The Bertz CT molecular complexity index is 719. The molecule has 0 saturated heterocycles. The summed E-state index contributed by atoms with van der Waals surface area (Å²) in [4.78, 5) is 16.1. The molecule has 1 heterocycles. The number of benzene rings is 1. The van der Waals surface area contributed by atoms with Crippen LogP contribution in [-0.2, 0) is 11.3 Å². The van der Waals surface area contributed by atoms with Gasteiger partial charge in [-0.15, -0.1) is 0 Å². The van der Waals surface area contributed by atoms with Crippen LogP contribution in [0.2, 0.25) is 5.02 Å². The lowest BCUT2D eigenvalue weighted by molar-refractivity contribution is -0.121. The summed E-state index contributed by atoms with van der Waals surface area (Å²) in [5, 5.41) is 3.48. The quantitative estimate of drug-likeness (QED) is 0.742. The molecule has 1 aliphatic carbocycles. The average Bonchev–Trinajstić information content (AvgIpc) is 3.43. The van der Waals surface area contributed by atoms with Gasteiger partial charge in [-0.2, -0.15) is 0 Å². The topological polar surface area (TPSA) is 60.5 Å². The summed E-state index contributed by atoms with van der Waals surface area (Å²) in [5.74, 6) is 1.89. The van der Waals surface area contributed by atoms with E-state index in [1.165, 1.54) is 12.8 Å². The normalized spacial score (nSPS) is 13.3. The van der Waals surface area contributed by atoms with Crippen LogP contribution in [0.1, 0.15) is 24.8 Å². The van der Waals surface area contributed by atoms with Crippen molar-refractivity contribution in [2.75, 3.05) is 13.2 Å².